The Morgan fingerprint density at radius 1 is 0.971 bits per heavy atom. The quantitative estimate of drug-likeness (QED) is 0.366. The molecular formula is C26H26N4O4. The Kier molecular flexibility index (Phi) is 6.89. The van der Waals surface area contributed by atoms with Crippen molar-refractivity contribution >= 4 is 34.1 Å². The monoisotopic (exact) mass is 458 g/mol. The van der Waals surface area contributed by atoms with Gasteiger partial charge in [-0.25, -0.2) is 4.68 Å². The van der Waals surface area contributed by atoms with Crippen LogP contribution in [0, 0.1) is 5.92 Å². The molecular weight excluding hydrogens is 432 g/mol. The summed E-state index contributed by atoms with van der Waals surface area (Å²) in [5.41, 5.74) is 3.64. The molecule has 4 aromatic rings. The zero-order valence-electron chi connectivity index (χ0n) is 19.0. The molecule has 0 saturated heterocycles. The van der Waals surface area contributed by atoms with Gasteiger partial charge in [-0.15, -0.1) is 0 Å². The molecule has 34 heavy (non-hydrogen) atoms. The normalized spacial score (nSPS) is 10.9. The summed E-state index contributed by atoms with van der Waals surface area (Å²) in [7, 11) is 0. The highest BCUT2D eigenvalue weighted by molar-refractivity contribution is 6.05. The summed E-state index contributed by atoms with van der Waals surface area (Å²) in [6.07, 6.45) is 1.74. The standard InChI is InChI=1S/C26H26N4O4/c1-17(2)25(32)28-20-5-8-22(9-6-20)30-24-12-7-21(15-19(24)16-27-30)29-26(33)18-3-10-23(11-4-18)34-14-13-31/h3-12,15-17,31H,13-14H2,1-2H3,(H,28,32)(H,29,33). The van der Waals surface area contributed by atoms with Crippen LogP contribution < -0.4 is 15.4 Å². The lowest BCUT2D eigenvalue weighted by molar-refractivity contribution is -0.118. The molecule has 3 aromatic carbocycles. The Morgan fingerprint density at radius 3 is 2.35 bits per heavy atom. The van der Waals surface area contributed by atoms with Crippen LogP contribution in [0.4, 0.5) is 11.4 Å². The average molecular weight is 459 g/mol. The van der Waals surface area contributed by atoms with E-state index in [-0.39, 0.29) is 30.9 Å². The van der Waals surface area contributed by atoms with Crippen molar-refractivity contribution in [2.75, 3.05) is 23.8 Å². The van der Waals surface area contributed by atoms with Gasteiger partial charge in [0.15, 0.2) is 0 Å². The first-order valence-corrected chi connectivity index (χ1v) is 11.0. The number of carbonyl (C=O) groups excluding carboxylic acids is 2. The van der Waals surface area contributed by atoms with E-state index < -0.39 is 0 Å². The van der Waals surface area contributed by atoms with E-state index in [0.717, 1.165) is 22.3 Å². The maximum Gasteiger partial charge on any atom is 0.255 e. The molecule has 1 aromatic heterocycles. The van der Waals surface area contributed by atoms with Gasteiger partial charge in [0, 0.05) is 28.2 Å². The largest absolute Gasteiger partial charge is 0.491 e. The van der Waals surface area contributed by atoms with Gasteiger partial charge in [-0.2, -0.15) is 5.10 Å². The Bertz CT molecular complexity index is 1290. The number of nitrogens with zero attached hydrogens (tertiary/aromatic N) is 2. The predicted octanol–water partition coefficient (Wildman–Crippen LogP) is 4.24. The summed E-state index contributed by atoms with van der Waals surface area (Å²) in [4.78, 5) is 24.5. The van der Waals surface area contributed by atoms with Crippen molar-refractivity contribution in [2.24, 2.45) is 5.92 Å². The molecule has 3 N–H and O–H groups in total. The Morgan fingerprint density at radius 2 is 1.68 bits per heavy atom. The fourth-order valence-corrected chi connectivity index (χ4v) is 3.36. The fraction of sp³-hybridized carbons (Fsp3) is 0.192. The number of fused-ring (bicyclic) bond motifs is 1. The Balaban J connectivity index is 1.46. The third-order valence-corrected chi connectivity index (χ3v) is 5.21. The molecule has 0 spiro atoms. The van der Waals surface area contributed by atoms with Gasteiger partial charge >= 0.3 is 0 Å². The van der Waals surface area contributed by atoms with Crippen LogP contribution in [-0.4, -0.2) is 39.9 Å². The van der Waals surface area contributed by atoms with Gasteiger partial charge in [-0.05, 0) is 66.7 Å². The molecule has 0 atom stereocenters. The SMILES string of the molecule is CC(C)C(=O)Nc1ccc(-n2ncc3cc(NC(=O)c4ccc(OCCO)cc4)ccc32)cc1. The second-order valence-electron chi connectivity index (χ2n) is 8.07. The molecule has 0 aliphatic carbocycles. The fourth-order valence-electron chi connectivity index (χ4n) is 3.36. The van der Waals surface area contributed by atoms with Crippen molar-refractivity contribution in [2.45, 2.75) is 13.8 Å². The molecule has 0 aliphatic heterocycles. The van der Waals surface area contributed by atoms with E-state index in [1.54, 1.807) is 35.1 Å². The van der Waals surface area contributed by atoms with E-state index in [1.807, 2.05) is 56.3 Å². The Hall–Kier alpha value is -4.17. The lowest BCUT2D eigenvalue weighted by atomic mass is 10.2. The van der Waals surface area contributed by atoms with Crippen molar-refractivity contribution in [3.8, 4) is 11.4 Å². The first-order valence-electron chi connectivity index (χ1n) is 11.0. The Labute approximate surface area is 197 Å². The number of carbonyl (C=O) groups is 2. The number of aliphatic hydroxyl groups is 1. The highest BCUT2D eigenvalue weighted by Gasteiger charge is 2.11. The minimum absolute atomic E-state index is 0.0298. The number of aliphatic hydroxyl groups excluding tert-OH is 1. The summed E-state index contributed by atoms with van der Waals surface area (Å²) in [6, 6.07) is 19.8. The maximum atomic E-state index is 12.6. The van der Waals surface area contributed by atoms with E-state index in [2.05, 4.69) is 15.7 Å². The third kappa shape index (κ3) is 5.24. The van der Waals surface area contributed by atoms with Gasteiger partial charge in [0.1, 0.15) is 12.4 Å². The topological polar surface area (TPSA) is 105 Å². The van der Waals surface area contributed by atoms with Crippen LogP contribution in [0.2, 0.25) is 0 Å². The molecule has 4 rings (SSSR count). The van der Waals surface area contributed by atoms with Gasteiger partial charge in [-0.1, -0.05) is 13.8 Å². The van der Waals surface area contributed by atoms with Crippen LogP contribution in [0.3, 0.4) is 0 Å². The van der Waals surface area contributed by atoms with Crippen molar-refractivity contribution in [1.29, 1.82) is 0 Å². The number of rotatable bonds is 8. The molecule has 0 bridgehead atoms. The van der Waals surface area contributed by atoms with Crippen molar-refractivity contribution in [3.63, 3.8) is 0 Å². The summed E-state index contributed by atoms with van der Waals surface area (Å²) in [5, 5.41) is 20.0. The van der Waals surface area contributed by atoms with Crippen molar-refractivity contribution in [1.82, 2.24) is 9.78 Å². The van der Waals surface area contributed by atoms with Gasteiger partial charge in [0.2, 0.25) is 5.91 Å². The molecule has 0 aliphatic rings. The van der Waals surface area contributed by atoms with Crippen molar-refractivity contribution in [3.05, 3.63) is 78.5 Å². The van der Waals surface area contributed by atoms with Crippen LogP contribution in [0.15, 0.2) is 72.9 Å². The average Bonchev–Trinajstić information content (AvgIpc) is 3.26. The number of anilines is 2. The molecule has 0 unspecified atom stereocenters. The number of amides is 2. The molecule has 1 heterocycles. The molecule has 2 amide bonds. The number of aromatic nitrogens is 2. The number of benzene rings is 3. The highest BCUT2D eigenvalue weighted by Crippen LogP contribution is 2.24. The smallest absolute Gasteiger partial charge is 0.255 e. The van der Waals surface area contributed by atoms with E-state index in [0.29, 0.717) is 17.0 Å². The lowest BCUT2D eigenvalue weighted by Gasteiger charge is -2.10. The molecule has 0 saturated carbocycles. The summed E-state index contributed by atoms with van der Waals surface area (Å²) >= 11 is 0. The predicted molar refractivity (Wildman–Crippen MR) is 132 cm³/mol. The van der Waals surface area contributed by atoms with Gasteiger partial charge in [-0.3, -0.25) is 9.59 Å². The second-order valence-corrected chi connectivity index (χ2v) is 8.07. The van der Waals surface area contributed by atoms with Crippen LogP contribution >= 0.6 is 0 Å². The van der Waals surface area contributed by atoms with Gasteiger partial charge in [0.25, 0.3) is 5.91 Å². The molecule has 8 nitrogen and oxygen atoms in total. The second kappa shape index (κ2) is 10.2. The van der Waals surface area contributed by atoms with E-state index in [1.165, 1.54) is 0 Å². The van der Waals surface area contributed by atoms with Gasteiger partial charge < -0.3 is 20.5 Å². The molecule has 8 heteroatoms. The molecule has 174 valence electrons. The highest BCUT2D eigenvalue weighted by atomic mass is 16.5. The van der Waals surface area contributed by atoms with Gasteiger partial charge in [0.05, 0.1) is 24.0 Å². The van der Waals surface area contributed by atoms with Crippen LogP contribution in [-0.2, 0) is 4.79 Å². The number of nitrogens with one attached hydrogen (secondary N) is 2. The van der Waals surface area contributed by atoms with Crippen molar-refractivity contribution < 1.29 is 19.4 Å². The third-order valence-electron chi connectivity index (χ3n) is 5.21. The van der Waals surface area contributed by atoms with E-state index >= 15 is 0 Å². The van der Waals surface area contributed by atoms with E-state index in [9.17, 15) is 9.59 Å². The first kappa shape index (κ1) is 23.0. The summed E-state index contributed by atoms with van der Waals surface area (Å²) in [5.74, 6) is 0.238. The minimum Gasteiger partial charge on any atom is -0.491 e. The molecule has 0 radical (unpaired) electrons. The summed E-state index contributed by atoms with van der Waals surface area (Å²) < 4.78 is 7.12. The van der Waals surface area contributed by atoms with Crippen LogP contribution in [0.25, 0.3) is 16.6 Å². The van der Waals surface area contributed by atoms with Crippen LogP contribution in [0.1, 0.15) is 24.2 Å². The lowest BCUT2D eigenvalue weighted by Crippen LogP contribution is -2.17. The van der Waals surface area contributed by atoms with Crippen LogP contribution in [0.5, 0.6) is 5.75 Å². The number of hydrogen-bond donors (Lipinski definition) is 3. The molecule has 0 fully saturated rings. The maximum absolute atomic E-state index is 12.6. The number of hydrogen-bond acceptors (Lipinski definition) is 5. The first-order chi connectivity index (χ1) is 16.4. The number of ether oxygens (including phenoxy) is 1. The summed E-state index contributed by atoms with van der Waals surface area (Å²) in [6.45, 7) is 3.84. The van der Waals surface area contributed by atoms with E-state index in [4.69, 9.17) is 9.84 Å². The zero-order valence-corrected chi connectivity index (χ0v) is 19.0. The minimum atomic E-state index is -0.237. The zero-order chi connectivity index (χ0) is 24.1.